The van der Waals surface area contributed by atoms with Gasteiger partial charge in [-0.1, -0.05) is 35.9 Å². The van der Waals surface area contributed by atoms with Crippen molar-refractivity contribution >= 4 is 27.3 Å². The molecule has 2 rings (SSSR count). The van der Waals surface area contributed by atoms with E-state index in [0.29, 0.717) is 29.2 Å². The van der Waals surface area contributed by atoms with E-state index in [4.69, 9.17) is 11.6 Å². The van der Waals surface area contributed by atoms with Gasteiger partial charge in [0.25, 0.3) is 5.91 Å². The summed E-state index contributed by atoms with van der Waals surface area (Å²) in [5.41, 5.74) is 2.18. The molecule has 24 heavy (non-hydrogen) atoms. The van der Waals surface area contributed by atoms with Crippen LogP contribution >= 0.6 is 11.6 Å². The van der Waals surface area contributed by atoms with Crippen LogP contribution in [0, 0.1) is 0 Å². The molecule has 0 radical (unpaired) electrons. The lowest BCUT2D eigenvalue weighted by Gasteiger charge is -2.21. The van der Waals surface area contributed by atoms with Crippen LogP contribution in [0.4, 0.5) is 0 Å². The molecule has 1 amide bonds. The molecule has 0 aliphatic rings. The van der Waals surface area contributed by atoms with Gasteiger partial charge in [-0.3, -0.25) is 4.79 Å². The Bertz CT molecular complexity index is 816. The van der Waals surface area contributed by atoms with Gasteiger partial charge in [0.05, 0.1) is 5.75 Å². The number of rotatable bonds is 6. The molecule has 128 valence electrons. The molecular weight excluding hydrogens is 346 g/mol. The summed E-state index contributed by atoms with van der Waals surface area (Å²) >= 11 is 5.99. The van der Waals surface area contributed by atoms with Crippen molar-refractivity contribution in [1.29, 1.82) is 0 Å². The summed E-state index contributed by atoms with van der Waals surface area (Å²) in [5.74, 6) is -0.120. The van der Waals surface area contributed by atoms with E-state index in [1.54, 1.807) is 35.2 Å². The first-order valence-corrected chi connectivity index (χ1v) is 10.0. The minimum atomic E-state index is -3.08. The number of carbonyl (C=O) groups is 1. The summed E-state index contributed by atoms with van der Waals surface area (Å²) in [6.45, 7) is 2.96. The van der Waals surface area contributed by atoms with E-state index < -0.39 is 9.84 Å². The molecule has 0 heterocycles. The predicted octanol–water partition coefficient (Wildman–Crippen LogP) is 3.55. The quantitative estimate of drug-likeness (QED) is 0.786. The molecule has 0 aliphatic carbocycles. The van der Waals surface area contributed by atoms with Gasteiger partial charge in [0, 0.05) is 29.9 Å². The summed E-state index contributed by atoms with van der Waals surface area (Å²) in [5, 5.41) is 0.640. The third-order valence-corrected chi connectivity index (χ3v) is 4.65. The van der Waals surface area contributed by atoms with Gasteiger partial charge in [-0.2, -0.15) is 0 Å². The lowest BCUT2D eigenvalue weighted by molar-refractivity contribution is 0.0752. The number of amides is 1. The van der Waals surface area contributed by atoms with E-state index in [1.807, 2.05) is 25.1 Å². The maximum atomic E-state index is 12.6. The van der Waals surface area contributed by atoms with Gasteiger partial charge < -0.3 is 4.90 Å². The largest absolute Gasteiger partial charge is 0.335 e. The molecule has 0 atom stereocenters. The van der Waals surface area contributed by atoms with Gasteiger partial charge in [-0.25, -0.2) is 8.42 Å². The minimum Gasteiger partial charge on any atom is -0.335 e. The summed E-state index contributed by atoms with van der Waals surface area (Å²) in [4.78, 5) is 14.4. The maximum Gasteiger partial charge on any atom is 0.254 e. The minimum absolute atomic E-state index is 0.0263. The third-order valence-electron chi connectivity index (χ3n) is 3.56. The van der Waals surface area contributed by atoms with Crippen molar-refractivity contribution in [3.05, 3.63) is 70.2 Å². The first kappa shape index (κ1) is 18.5. The second kappa shape index (κ2) is 7.81. The topological polar surface area (TPSA) is 54.5 Å². The molecule has 0 saturated heterocycles. The van der Waals surface area contributed by atoms with E-state index in [0.717, 1.165) is 5.56 Å². The van der Waals surface area contributed by atoms with Crippen LogP contribution in [0.25, 0.3) is 0 Å². The average Bonchev–Trinajstić information content (AvgIpc) is 2.51. The number of hydrogen-bond donors (Lipinski definition) is 0. The molecule has 2 aromatic carbocycles. The van der Waals surface area contributed by atoms with Crippen LogP contribution in [0.3, 0.4) is 0 Å². The molecule has 0 unspecified atom stereocenters. The van der Waals surface area contributed by atoms with E-state index in [9.17, 15) is 13.2 Å². The normalized spacial score (nSPS) is 11.3. The average molecular weight is 366 g/mol. The number of hydrogen-bond acceptors (Lipinski definition) is 3. The van der Waals surface area contributed by atoms with Crippen molar-refractivity contribution < 1.29 is 13.2 Å². The Morgan fingerprint density at radius 3 is 2.29 bits per heavy atom. The van der Waals surface area contributed by atoms with Crippen molar-refractivity contribution in [2.24, 2.45) is 0 Å². The van der Waals surface area contributed by atoms with Crippen molar-refractivity contribution in [3.63, 3.8) is 0 Å². The number of nitrogens with zero attached hydrogens (tertiary/aromatic N) is 1. The Labute approximate surface area is 148 Å². The Morgan fingerprint density at radius 2 is 1.75 bits per heavy atom. The van der Waals surface area contributed by atoms with Crippen LogP contribution in [-0.4, -0.2) is 32.0 Å². The molecule has 0 aromatic heterocycles. The number of carbonyl (C=O) groups excluding carboxylic acids is 1. The molecular formula is C18H20ClNO3S. The fraction of sp³-hybridized carbons (Fsp3) is 0.278. The second-order valence-electron chi connectivity index (χ2n) is 5.72. The van der Waals surface area contributed by atoms with E-state index in [-0.39, 0.29) is 11.7 Å². The monoisotopic (exact) mass is 365 g/mol. The molecule has 0 N–H and O–H groups in total. The van der Waals surface area contributed by atoms with Crippen LogP contribution < -0.4 is 0 Å². The zero-order valence-electron chi connectivity index (χ0n) is 13.7. The molecule has 0 bridgehead atoms. The lowest BCUT2D eigenvalue weighted by Crippen LogP contribution is -2.30. The number of sulfone groups is 1. The number of halogens is 1. The van der Waals surface area contributed by atoms with Crippen molar-refractivity contribution in [2.45, 2.75) is 19.2 Å². The first-order valence-electron chi connectivity index (χ1n) is 7.59. The number of benzene rings is 2. The SMILES string of the molecule is CCN(Cc1cccc(Cl)c1)C(=O)c1ccc(CS(C)(=O)=O)cc1. The Kier molecular flexibility index (Phi) is 6.02. The van der Waals surface area contributed by atoms with Crippen LogP contribution in [0.5, 0.6) is 0 Å². The summed E-state index contributed by atoms with van der Waals surface area (Å²) in [7, 11) is -3.08. The van der Waals surface area contributed by atoms with Gasteiger partial charge in [0.15, 0.2) is 9.84 Å². The predicted molar refractivity (Wildman–Crippen MR) is 96.9 cm³/mol. The molecule has 6 heteroatoms. The van der Waals surface area contributed by atoms with Crippen molar-refractivity contribution in [1.82, 2.24) is 4.90 Å². The van der Waals surface area contributed by atoms with Crippen molar-refractivity contribution in [3.8, 4) is 0 Å². The highest BCUT2D eigenvalue weighted by Gasteiger charge is 2.15. The van der Waals surface area contributed by atoms with E-state index in [2.05, 4.69) is 0 Å². The third kappa shape index (κ3) is 5.35. The maximum absolute atomic E-state index is 12.6. The molecule has 0 saturated carbocycles. The fourth-order valence-electron chi connectivity index (χ4n) is 2.41. The van der Waals surface area contributed by atoms with Crippen LogP contribution in [0.15, 0.2) is 48.5 Å². The summed E-state index contributed by atoms with van der Waals surface area (Å²) in [6.07, 6.45) is 1.19. The Balaban J connectivity index is 2.13. The van der Waals surface area contributed by atoms with Gasteiger partial charge >= 0.3 is 0 Å². The fourth-order valence-corrected chi connectivity index (χ4v) is 3.42. The summed E-state index contributed by atoms with van der Waals surface area (Å²) in [6, 6.07) is 14.1. The first-order chi connectivity index (χ1) is 11.3. The Morgan fingerprint density at radius 1 is 1.08 bits per heavy atom. The zero-order chi connectivity index (χ0) is 17.7. The zero-order valence-corrected chi connectivity index (χ0v) is 15.3. The van der Waals surface area contributed by atoms with E-state index >= 15 is 0 Å². The van der Waals surface area contributed by atoms with E-state index in [1.165, 1.54) is 6.26 Å². The van der Waals surface area contributed by atoms with Gasteiger partial charge in [-0.15, -0.1) is 0 Å². The van der Waals surface area contributed by atoms with Crippen LogP contribution in [0.1, 0.15) is 28.4 Å². The molecule has 0 spiro atoms. The second-order valence-corrected chi connectivity index (χ2v) is 8.29. The molecule has 2 aromatic rings. The molecule has 0 aliphatic heterocycles. The highest BCUT2D eigenvalue weighted by atomic mass is 35.5. The van der Waals surface area contributed by atoms with Gasteiger partial charge in [0.2, 0.25) is 0 Å². The molecule has 4 nitrogen and oxygen atoms in total. The van der Waals surface area contributed by atoms with Crippen LogP contribution in [-0.2, 0) is 22.1 Å². The standard InChI is InChI=1S/C18H20ClNO3S/c1-3-20(12-15-5-4-6-17(19)11-15)18(21)16-9-7-14(8-10-16)13-24(2,22)23/h4-11H,3,12-13H2,1-2H3. The smallest absolute Gasteiger partial charge is 0.254 e. The van der Waals surface area contributed by atoms with Crippen molar-refractivity contribution in [2.75, 3.05) is 12.8 Å². The van der Waals surface area contributed by atoms with Gasteiger partial charge in [-0.05, 0) is 42.3 Å². The Hall–Kier alpha value is -1.85. The highest BCUT2D eigenvalue weighted by Crippen LogP contribution is 2.15. The van der Waals surface area contributed by atoms with Crippen LogP contribution in [0.2, 0.25) is 5.02 Å². The summed E-state index contributed by atoms with van der Waals surface area (Å²) < 4.78 is 22.6. The highest BCUT2D eigenvalue weighted by molar-refractivity contribution is 7.89. The molecule has 0 fully saturated rings. The lowest BCUT2D eigenvalue weighted by atomic mass is 10.1. The van der Waals surface area contributed by atoms with Gasteiger partial charge in [0.1, 0.15) is 0 Å².